The molecule has 2 N–H and O–H groups in total. The lowest BCUT2D eigenvalue weighted by molar-refractivity contribution is -0.126. The number of anilines is 2. The molecular formula is C24H28ClN3O6S. The van der Waals surface area contributed by atoms with Gasteiger partial charge in [0.1, 0.15) is 17.5 Å². The monoisotopic (exact) mass is 521 g/mol. The molecule has 3 amide bonds. The van der Waals surface area contributed by atoms with E-state index in [2.05, 4.69) is 10.6 Å². The highest BCUT2D eigenvalue weighted by atomic mass is 35.5. The van der Waals surface area contributed by atoms with Gasteiger partial charge in [-0.1, -0.05) is 11.6 Å². The van der Waals surface area contributed by atoms with Gasteiger partial charge in [-0.25, -0.2) is 0 Å². The fourth-order valence-electron chi connectivity index (χ4n) is 3.35. The second-order valence-corrected chi connectivity index (χ2v) is 10.9. The first kappa shape index (κ1) is 26.5. The summed E-state index contributed by atoms with van der Waals surface area (Å²) in [6, 6.07) is 10.4. The van der Waals surface area contributed by atoms with Gasteiger partial charge in [0, 0.05) is 38.8 Å². The Morgan fingerprint density at radius 2 is 1.71 bits per heavy atom. The van der Waals surface area contributed by atoms with Crippen LogP contribution in [0, 0.1) is 0 Å². The van der Waals surface area contributed by atoms with Crippen LogP contribution < -0.4 is 25.0 Å². The van der Waals surface area contributed by atoms with Gasteiger partial charge in [-0.3, -0.25) is 23.5 Å². The highest BCUT2D eigenvalue weighted by molar-refractivity contribution is 7.86. The molecule has 0 fully saturated rings. The third-order valence-electron chi connectivity index (χ3n) is 4.87. The Kier molecular flexibility index (Phi) is 8.39. The van der Waals surface area contributed by atoms with Crippen LogP contribution in [0.2, 0.25) is 5.02 Å². The number of carbonyl (C=O) groups excluding carboxylic acids is 3. The van der Waals surface area contributed by atoms with Crippen molar-refractivity contribution in [1.29, 1.82) is 0 Å². The second-order valence-electron chi connectivity index (χ2n) is 9.00. The number of hydrogen-bond acceptors (Lipinski definition) is 6. The zero-order chi connectivity index (χ0) is 25.8. The van der Waals surface area contributed by atoms with Gasteiger partial charge in [-0.15, -0.1) is 0 Å². The van der Waals surface area contributed by atoms with Crippen LogP contribution in [-0.2, 0) is 25.2 Å². The molecule has 1 heterocycles. The Labute approximate surface area is 211 Å². The van der Waals surface area contributed by atoms with Crippen LogP contribution in [-0.4, -0.2) is 51.8 Å². The second kappa shape index (κ2) is 11.1. The summed E-state index contributed by atoms with van der Waals surface area (Å²) in [4.78, 5) is 39.6. The lowest BCUT2D eigenvalue weighted by Gasteiger charge is -2.31. The van der Waals surface area contributed by atoms with Crippen LogP contribution in [0.1, 0.15) is 27.7 Å². The number of benzene rings is 2. The summed E-state index contributed by atoms with van der Waals surface area (Å²) in [6.45, 7) is 7.19. The summed E-state index contributed by atoms with van der Waals surface area (Å²) in [5.41, 5.74) is 0.381. The van der Waals surface area contributed by atoms with Crippen molar-refractivity contribution in [2.24, 2.45) is 0 Å². The molecule has 0 aliphatic carbocycles. The third-order valence-corrected chi connectivity index (χ3v) is 6.28. The Hall–Kier alpha value is -3.11. The fourth-order valence-corrected chi connectivity index (χ4v) is 4.36. The van der Waals surface area contributed by atoms with E-state index in [1.807, 2.05) is 20.8 Å². The van der Waals surface area contributed by atoms with E-state index < -0.39 is 45.7 Å². The molecule has 0 spiro atoms. The molecule has 0 saturated heterocycles. The van der Waals surface area contributed by atoms with Crippen molar-refractivity contribution >= 4 is 51.5 Å². The lowest BCUT2D eigenvalue weighted by atomic mass is 10.1. The average molecular weight is 522 g/mol. The molecule has 0 aromatic heterocycles. The molecule has 2 aromatic rings. The molecule has 11 heteroatoms. The Balaban J connectivity index is 1.67. The minimum absolute atomic E-state index is 0.106. The van der Waals surface area contributed by atoms with Crippen LogP contribution >= 0.6 is 11.6 Å². The van der Waals surface area contributed by atoms with Crippen molar-refractivity contribution in [3.63, 3.8) is 0 Å². The predicted molar refractivity (Wildman–Crippen MR) is 135 cm³/mol. The fraction of sp³-hybridized carbons (Fsp3) is 0.375. The van der Waals surface area contributed by atoms with Crippen LogP contribution in [0.25, 0.3) is 0 Å². The molecule has 1 aliphatic heterocycles. The maximum atomic E-state index is 13.2. The van der Waals surface area contributed by atoms with E-state index in [4.69, 9.17) is 21.1 Å². The maximum absolute atomic E-state index is 13.2. The molecule has 0 unspecified atom stereocenters. The van der Waals surface area contributed by atoms with Gasteiger partial charge in [-0.2, -0.15) is 0 Å². The predicted octanol–water partition coefficient (Wildman–Crippen LogP) is 3.09. The summed E-state index contributed by atoms with van der Waals surface area (Å²) < 4.78 is 23.2. The van der Waals surface area contributed by atoms with Gasteiger partial charge in [0.2, 0.25) is 24.5 Å². The molecule has 2 atom stereocenters. The van der Waals surface area contributed by atoms with Crippen molar-refractivity contribution < 1.29 is 28.1 Å². The molecule has 35 heavy (non-hydrogen) atoms. The van der Waals surface area contributed by atoms with E-state index in [1.165, 1.54) is 4.90 Å². The van der Waals surface area contributed by atoms with Crippen molar-refractivity contribution in [2.75, 3.05) is 28.5 Å². The van der Waals surface area contributed by atoms with Crippen molar-refractivity contribution in [3.8, 4) is 11.5 Å². The third kappa shape index (κ3) is 7.43. The zero-order valence-corrected chi connectivity index (χ0v) is 21.5. The van der Waals surface area contributed by atoms with E-state index in [9.17, 15) is 18.6 Å². The average Bonchev–Trinajstić information content (AvgIpc) is 3.21. The van der Waals surface area contributed by atoms with Crippen molar-refractivity contribution in [2.45, 2.75) is 39.3 Å². The minimum atomic E-state index is -1.82. The van der Waals surface area contributed by atoms with Crippen LogP contribution in [0.4, 0.5) is 11.4 Å². The highest BCUT2D eigenvalue weighted by Crippen LogP contribution is 2.34. The van der Waals surface area contributed by atoms with Crippen molar-refractivity contribution in [1.82, 2.24) is 5.32 Å². The summed E-state index contributed by atoms with van der Waals surface area (Å²) in [7, 11) is -1.82. The van der Waals surface area contributed by atoms with E-state index in [-0.39, 0.29) is 12.7 Å². The smallest absolute Gasteiger partial charge is 0.243 e. The topological polar surface area (TPSA) is 114 Å². The van der Waals surface area contributed by atoms with Crippen LogP contribution in [0.15, 0.2) is 42.5 Å². The normalized spacial score (nSPS) is 14.1. The molecule has 1 aliphatic rings. The van der Waals surface area contributed by atoms with Gasteiger partial charge in [0.05, 0.1) is 0 Å². The molecule has 0 bridgehead atoms. The summed E-state index contributed by atoms with van der Waals surface area (Å²) in [6.07, 6.45) is 0. The largest absolute Gasteiger partial charge is 0.454 e. The standard InChI is InChI=1S/C24H28ClN3O6S/c1-15(23(31)27-24(2,3)4)28(18-8-5-16(25)6-9-18)22(30)13-35(32)12-21(29)26-17-7-10-19-20(11-17)34-14-33-19/h5-11,15H,12-14H2,1-4H3,(H,26,29)(H,27,31)/t15-,35-/m0/s1. The van der Waals surface area contributed by atoms with Gasteiger partial charge in [-0.05, 0) is 64.1 Å². The lowest BCUT2D eigenvalue weighted by Crippen LogP contribution is -2.53. The maximum Gasteiger partial charge on any atom is 0.243 e. The first-order valence-corrected chi connectivity index (χ1v) is 12.7. The number of fused-ring (bicyclic) bond motifs is 1. The minimum Gasteiger partial charge on any atom is -0.454 e. The van der Waals surface area contributed by atoms with Gasteiger partial charge in [0.15, 0.2) is 11.5 Å². The number of nitrogens with one attached hydrogen (secondary N) is 2. The van der Waals surface area contributed by atoms with E-state index >= 15 is 0 Å². The van der Waals surface area contributed by atoms with Gasteiger partial charge in [0.25, 0.3) is 0 Å². The summed E-state index contributed by atoms with van der Waals surface area (Å²) in [5, 5.41) is 5.96. The first-order valence-electron chi connectivity index (χ1n) is 10.9. The molecular weight excluding hydrogens is 494 g/mol. The Bertz CT molecular complexity index is 1130. The van der Waals surface area contributed by atoms with E-state index in [0.717, 1.165) is 0 Å². The number of carbonyl (C=O) groups is 3. The van der Waals surface area contributed by atoms with Crippen LogP contribution in [0.3, 0.4) is 0 Å². The number of amides is 3. The molecule has 0 radical (unpaired) electrons. The molecule has 3 rings (SSSR count). The Morgan fingerprint density at radius 1 is 1.06 bits per heavy atom. The summed E-state index contributed by atoms with van der Waals surface area (Å²) in [5.74, 6) is -1.21. The highest BCUT2D eigenvalue weighted by Gasteiger charge is 2.30. The SMILES string of the molecule is C[C@@H](C(=O)NC(C)(C)C)N(C(=O)C[S@@](=O)CC(=O)Nc1ccc2c(c1)OCO2)c1ccc(Cl)cc1. The van der Waals surface area contributed by atoms with Crippen molar-refractivity contribution in [3.05, 3.63) is 47.5 Å². The molecule has 9 nitrogen and oxygen atoms in total. The quantitative estimate of drug-likeness (QED) is 0.552. The summed E-state index contributed by atoms with van der Waals surface area (Å²) >= 11 is 5.97. The first-order chi connectivity index (χ1) is 16.4. The number of ether oxygens (including phenoxy) is 2. The number of nitrogens with zero attached hydrogens (tertiary/aromatic N) is 1. The number of hydrogen-bond donors (Lipinski definition) is 2. The van der Waals surface area contributed by atoms with Crippen LogP contribution in [0.5, 0.6) is 11.5 Å². The van der Waals surface area contributed by atoms with Gasteiger partial charge >= 0.3 is 0 Å². The molecule has 0 saturated carbocycles. The molecule has 188 valence electrons. The number of rotatable bonds is 8. The van der Waals surface area contributed by atoms with E-state index in [0.29, 0.717) is 27.9 Å². The number of halogens is 1. The molecule has 2 aromatic carbocycles. The Morgan fingerprint density at radius 3 is 2.37 bits per heavy atom. The zero-order valence-electron chi connectivity index (χ0n) is 19.9. The van der Waals surface area contributed by atoms with Gasteiger partial charge < -0.3 is 20.1 Å². The van der Waals surface area contributed by atoms with E-state index in [1.54, 1.807) is 49.4 Å².